The number of ether oxygens (including phenoxy) is 1. The summed E-state index contributed by atoms with van der Waals surface area (Å²) >= 11 is 1.23. The molecule has 1 N–H and O–H groups in total. The number of halogens is 1. The van der Waals surface area contributed by atoms with Crippen molar-refractivity contribution in [3.8, 4) is 0 Å². The average Bonchev–Trinajstić information content (AvgIpc) is 3.21. The predicted octanol–water partition coefficient (Wildman–Crippen LogP) is 3.50. The number of pyridine rings is 1. The second kappa shape index (κ2) is 8.35. The molecule has 1 amide bonds. The monoisotopic (exact) mass is 370 g/mol. The lowest BCUT2D eigenvalue weighted by atomic mass is 10.2. The lowest BCUT2D eigenvalue weighted by Gasteiger charge is -2.17. The van der Waals surface area contributed by atoms with Crippen LogP contribution >= 0.6 is 11.3 Å². The van der Waals surface area contributed by atoms with Gasteiger partial charge >= 0.3 is 5.97 Å². The molecule has 1 aromatic carbocycles. The SMILES string of the molecule is O=C(OC(C(=O)NCc1ccc(F)cc1)c1ccccn1)c1cccs1. The first-order valence-electron chi connectivity index (χ1n) is 7.81. The number of hydrogen-bond donors (Lipinski definition) is 1. The van der Waals surface area contributed by atoms with Gasteiger partial charge in [-0.1, -0.05) is 24.3 Å². The second-order valence-corrected chi connectivity index (χ2v) is 6.31. The number of carbonyl (C=O) groups is 2. The third-order valence-electron chi connectivity index (χ3n) is 3.52. The van der Waals surface area contributed by atoms with Crippen LogP contribution in [-0.2, 0) is 16.1 Å². The molecule has 0 aliphatic carbocycles. The summed E-state index contributed by atoms with van der Waals surface area (Å²) in [4.78, 5) is 29.4. The van der Waals surface area contributed by atoms with Crippen molar-refractivity contribution in [3.05, 3.63) is 88.1 Å². The van der Waals surface area contributed by atoms with Gasteiger partial charge in [-0.05, 0) is 41.3 Å². The molecule has 3 rings (SSSR count). The van der Waals surface area contributed by atoms with Gasteiger partial charge in [0.05, 0.1) is 5.69 Å². The molecule has 2 heterocycles. The van der Waals surface area contributed by atoms with Crippen LogP contribution in [0.2, 0.25) is 0 Å². The Bertz CT molecular complexity index is 868. The first-order chi connectivity index (χ1) is 12.6. The average molecular weight is 370 g/mol. The van der Waals surface area contributed by atoms with Crippen LogP contribution in [0.5, 0.6) is 0 Å². The van der Waals surface area contributed by atoms with Crippen LogP contribution in [0.4, 0.5) is 4.39 Å². The van der Waals surface area contributed by atoms with E-state index in [4.69, 9.17) is 4.74 Å². The molecule has 26 heavy (non-hydrogen) atoms. The molecule has 2 aromatic heterocycles. The van der Waals surface area contributed by atoms with Crippen LogP contribution in [0, 0.1) is 5.82 Å². The van der Waals surface area contributed by atoms with Crippen molar-refractivity contribution in [1.29, 1.82) is 0 Å². The zero-order valence-electron chi connectivity index (χ0n) is 13.6. The van der Waals surface area contributed by atoms with Gasteiger partial charge in [0.25, 0.3) is 5.91 Å². The Morgan fingerprint density at radius 2 is 1.92 bits per heavy atom. The minimum atomic E-state index is -1.17. The lowest BCUT2D eigenvalue weighted by Crippen LogP contribution is -2.32. The quantitative estimate of drug-likeness (QED) is 0.675. The maximum absolute atomic E-state index is 13.0. The predicted molar refractivity (Wildman–Crippen MR) is 95.0 cm³/mol. The van der Waals surface area contributed by atoms with E-state index >= 15 is 0 Å². The zero-order valence-corrected chi connectivity index (χ0v) is 14.4. The number of carbonyl (C=O) groups excluding carboxylic acids is 2. The Morgan fingerprint density at radius 1 is 1.12 bits per heavy atom. The molecular weight excluding hydrogens is 355 g/mol. The number of thiophene rings is 1. The lowest BCUT2D eigenvalue weighted by molar-refractivity contribution is -0.130. The van der Waals surface area contributed by atoms with Gasteiger partial charge in [-0.25, -0.2) is 9.18 Å². The van der Waals surface area contributed by atoms with Crippen molar-refractivity contribution >= 4 is 23.2 Å². The maximum atomic E-state index is 13.0. The molecule has 0 bridgehead atoms. The minimum Gasteiger partial charge on any atom is -0.441 e. The van der Waals surface area contributed by atoms with Crippen molar-refractivity contribution in [2.24, 2.45) is 0 Å². The van der Waals surface area contributed by atoms with Gasteiger partial charge in [0.15, 0.2) is 0 Å². The zero-order chi connectivity index (χ0) is 18.4. The van der Waals surface area contributed by atoms with E-state index in [2.05, 4.69) is 10.3 Å². The number of aromatic nitrogens is 1. The van der Waals surface area contributed by atoms with Crippen LogP contribution in [-0.4, -0.2) is 16.9 Å². The number of amides is 1. The highest BCUT2D eigenvalue weighted by molar-refractivity contribution is 7.11. The highest BCUT2D eigenvalue weighted by atomic mass is 32.1. The highest BCUT2D eigenvalue weighted by Crippen LogP contribution is 2.20. The summed E-state index contributed by atoms with van der Waals surface area (Å²) in [5, 5.41) is 4.44. The molecular formula is C19H15FN2O3S. The number of esters is 1. The first kappa shape index (κ1) is 17.8. The standard InChI is InChI=1S/C19H15FN2O3S/c20-14-8-6-13(7-9-14)12-22-18(23)17(15-4-1-2-10-21-15)25-19(24)16-5-3-11-26-16/h1-11,17H,12H2,(H,22,23). The maximum Gasteiger partial charge on any atom is 0.349 e. The van der Waals surface area contributed by atoms with Gasteiger partial charge in [-0.15, -0.1) is 11.3 Å². The van der Waals surface area contributed by atoms with Gasteiger partial charge in [0, 0.05) is 12.7 Å². The fourth-order valence-electron chi connectivity index (χ4n) is 2.22. The summed E-state index contributed by atoms with van der Waals surface area (Å²) in [5.74, 6) is -1.44. The third-order valence-corrected chi connectivity index (χ3v) is 4.37. The molecule has 132 valence electrons. The molecule has 3 aromatic rings. The van der Waals surface area contributed by atoms with Crippen molar-refractivity contribution in [2.45, 2.75) is 12.6 Å². The molecule has 0 spiro atoms. The summed E-state index contributed by atoms with van der Waals surface area (Å²) in [7, 11) is 0. The number of nitrogens with zero attached hydrogens (tertiary/aromatic N) is 1. The Balaban J connectivity index is 1.73. The van der Waals surface area contributed by atoms with Crippen molar-refractivity contribution in [3.63, 3.8) is 0 Å². The van der Waals surface area contributed by atoms with Crippen LogP contribution in [0.15, 0.2) is 66.2 Å². The van der Waals surface area contributed by atoms with Gasteiger partial charge in [0.1, 0.15) is 10.7 Å². The Kier molecular flexibility index (Phi) is 5.70. The van der Waals surface area contributed by atoms with Gasteiger partial charge in [-0.3, -0.25) is 9.78 Å². The van der Waals surface area contributed by atoms with Crippen LogP contribution < -0.4 is 5.32 Å². The normalized spacial score (nSPS) is 11.6. The number of rotatable bonds is 6. The fraction of sp³-hybridized carbons (Fsp3) is 0.105. The molecule has 1 atom stereocenters. The topological polar surface area (TPSA) is 68.3 Å². The van der Waals surface area contributed by atoms with Gasteiger partial charge < -0.3 is 10.1 Å². The van der Waals surface area contributed by atoms with E-state index in [1.54, 1.807) is 47.8 Å². The Labute approximate surface area is 153 Å². The molecule has 7 heteroatoms. The molecule has 0 aliphatic heterocycles. The Hall–Kier alpha value is -3.06. The third kappa shape index (κ3) is 4.52. The smallest absolute Gasteiger partial charge is 0.349 e. The van der Waals surface area contributed by atoms with E-state index in [0.29, 0.717) is 10.6 Å². The summed E-state index contributed by atoms with van der Waals surface area (Å²) < 4.78 is 18.3. The second-order valence-electron chi connectivity index (χ2n) is 5.36. The number of benzene rings is 1. The van der Waals surface area contributed by atoms with Crippen molar-refractivity contribution < 1.29 is 18.7 Å². The molecule has 0 radical (unpaired) electrons. The van der Waals surface area contributed by atoms with E-state index in [0.717, 1.165) is 5.56 Å². The molecule has 5 nitrogen and oxygen atoms in total. The van der Waals surface area contributed by atoms with Gasteiger partial charge in [0.2, 0.25) is 6.10 Å². The van der Waals surface area contributed by atoms with Crippen molar-refractivity contribution in [2.75, 3.05) is 0 Å². The van der Waals surface area contributed by atoms with E-state index in [-0.39, 0.29) is 12.4 Å². The summed E-state index contributed by atoms with van der Waals surface area (Å²) in [5.41, 5.74) is 1.05. The summed E-state index contributed by atoms with van der Waals surface area (Å²) in [6, 6.07) is 14.2. The highest BCUT2D eigenvalue weighted by Gasteiger charge is 2.27. The first-order valence-corrected chi connectivity index (χ1v) is 8.69. The Morgan fingerprint density at radius 3 is 2.58 bits per heavy atom. The molecule has 0 saturated heterocycles. The van der Waals surface area contributed by atoms with E-state index in [9.17, 15) is 14.0 Å². The molecule has 1 unspecified atom stereocenters. The minimum absolute atomic E-state index is 0.180. The van der Waals surface area contributed by atoms with Crippen LogP contribution in [0.25, 0.3) is 0 Å². The summed E-state index contributed by atoms with van der Waals surface area (Å²) in [6.07, 6.45) is 0.348. The van der Waals surface area contributed by atoms with E-state index in [1.807, 2.05) is 0 Å². The van der Waals surface area contributed by atoms with Gasteiger partial charge in [-0.2, -0.15) is 0 Å². The largest absolute Gasteiger partial charge is 0.441 e. The van der Waals surface area contributed by atoms with E-state index < -0.39 is 18.0 Å². The molecule has 0 fully saturated rings. The van der Waals surface area contributed by atoms with Crippen LogP contribution in [0.1, 0.15) is 27.0 Å². The number of nitrogens with one attached hydrogen (secondary N) is 1. The van der Waals surface area contributed by atoms with Crippen molar-refractivity contribution in [1.82, 2.24) is 10.3 Å². The van der Waals surface area contributed by atoms with Crippen LogP contribution in [0.3, 0.4) is 0 Å². The summed E-state index contributed by atoms with van der Waals surface area (Å²) in [6.45, 7) is 0.180. The number of hydrogen-bond acceptors (Lipinski definition) is 5. The molecule has 0 saturated carbocycles. The fourth-order valence-corrected chi connectivity index (χ4v) is 2.83. The molecule has 0 aliphatic rings. The van der Waals surface area contributed by atoms with E-state index in [1.165, 1.54) is 29.7 Å².